The van der Waals surface area contributed by atoms with Crippen LogP contribution in [0.2, 0.25) is 0 Å². The van der Waals surface area contributed by atoms with E-state index in [4.69, 9.17) is 9.15 Å². The molecule has 2 aromatic carbocycles. The molecule has 0 aliphatic carbocycles. The first-order valence-corrected chi connectivity index (χ1v) is 9.65. The Hall–Kier alpha value is -3.14. The van der Waals surface area contributed by atoms with Crippen LogP contribution in [0.25, 0.3) is 22.6 Å². The molecule has 0 aliphatic rings. The Labute approximate surface area is 165 Å². The lowest BCUT2D eigenvalue weighted by Crippen LogP contribution is -2.07. The number of aryl methyl sites for hydroxylation is 1. The second kappa shape index (κ2) is 10.3. The van der Waals surface area contributed by atoms with Crippen molar-refractivity contribution in [1.29, 1.82) is 0 Å². The van der Waals surface area contributed by atoms with Crippen molar-refractivity contribution in [2.24, 2.45) is 0 Å². The first-order chi connectivity index (χ1) is 13.8. The maximum absolute atomic E-state index is 12.0. The van der Waals surface area contributed by atoms with Crippen molar-refractivity contribution in [3.05, 3.63) is 79.2 Å². The SMILES string of the molecule is C=CCCCCOC(=O)CCc1nc(-c2ccccc2)c(-c2ccccc2)o1. The van der Waals surface area contributed by atoms with E-state index in [0.29, 0.717) is 18.9 Å². The van der Waals surface area contributed by atoms with Gasteiger partial charge in [0.2, 0.25) is 0 Å². The summed E-state index contributed by atoms with van der Waals surface area (Å²) in [5.74, 6) is 1.04. The van der Waals surface area contributed by atoms with Gasteiger partial charge in [0.1, 0.15) is 5.69 Å². The second-order valence-corrected chi connectivity index (χ2v) is 6.52. The first kappa shape index (κ1) is 19.6. The lowest BCUT2D eigenvalue weighted by Gasteiger charge is -2.03. The summed E-state index contributed by atoms with van der Waals surface area (Å²) in [4.78, 5) is 16.6. The Morgan fingerprint density at radius 1 is 1.00 bits per heavy atom. The predicted octanol–water partition coefficient (Wildman–Crippen LogP) is 5.84. The van der Waals surface area contributed by atoms with Gasteiger partial charge in [-0.1, -0.05) is 66.7 Å². The van der Waals surface area contributed by atoms with E-state index in [1.807, 2.05) is 66.7 Å². The number of esters is 1. The summed E-state index contributed by atoms with van der Waals surface area (Å²) >= 11 is 0. The number of allylic oxidation sites excluding steroid dienone is 1. The molecule has 0 saturated carbocycles. The molecule has 0 fully saturated rings. The molecular formula is C24H25NO3. The number of oxazole rings is 1. The Bertz CT molecular complexity index is 828. The molecule has 4 nitrogen and oxygen atoms in total. The maximum atomic E-state index is 12.0. The zero-order chi connectivity index (χ0) is 19.6. The van der Waals surface area contributed by atoms with Crippen LogP contribution >= 0.6 is 0 Å². The van der Waals surface area contributed by atoms with E-state index in [1.165, 1.54) is 0 Å². The Kier molecular flexibility index (Phi) is 7.19. The minimum Gasteiger partial charge on any atom is -0.466 e. The zero-order valence-corrected chi connectivity index (χ0v) is 16.0. The summed E-state index contributed by atoms with van der Waals surface area (Å²) in [6, 6.07) is 19.8. The first-order valence-electron chi connectivity index (χ1n) is 9.65. The van der Waals surface area contributed by atoms with Crippen LogP contribution in [0.4, 0.5) is 0 Å². The normalized spacial score (nSPS) is 10.6. The minimum absolute atomic E-state index is 0.223. The molecule has 0 N–H and O–H groups in total. The number of carbonyl (C=O) groups is 1. The fourth-order valence-electron chi connectivity index (χ4n) is 2.91. The van der Waals surface area contributed by atoms with Crippen LogP contribution in [0.5, 0.6) is 0 Å². The molecule has 0 spiro atoms. The molecule has 3 aromatic rings. The quantitative estimate of drug-likeness (QED) is 0.254. The van der Waals surface area contributed by atoms with E-state index in [2.05, 4.69) is 11.6 Å². The van der Waals surface area contributed by atoms with Crippen molar-refractivity contribution in [2.75, 3.05) is 6.61 Å². The van der Waals surface area contributed by atoms with Gasteiger partial charge in [0.25, 0.3) is 0 Å². The molecule has 28 heavy (non-hydrogen) atoms. The highest BCUT2D eigenvalue weighted by Gasteiger charge is 2.17. The third-order valence-corrected chi connectivity index (χ3v) is 4.36. The van der Waals surface area contributed by atoms with Crippen molar-refractivity contribution in [3.63, 3.8) is 0 Å². The number of unbranched alkanes of at least 4 members (excludes halogenated alkanes) is 2. The fraction of sp³-hybridized carbons (Fsp3) is 0.250. The number of benzene rings is 2. The van der Waals surface area contributed by atoms with Crippen LogP contribution in [-0.2, 0) is 16.0 Å². The molecule has 0 atom stereocenters. The predicted molar refractivity (Wildman–Crippen MR) is 111 cm³/mol. The van der Waals surface area contributed by atoms with Crippen LogP contribution in [-0.4, -0.2) is 17.6 Å². The summed E-state index contributed by atoms with van der Waals surface area (Å²) in [5, 5.41) is 0. The average Bonchev–Trinajstić information content (AvgIpc) is 3.18. The summed E-state index contributed by atoms with van der Waals surface area (Å²) in [6.45, 7) is 4.13. The van der Waals surface area contributed by atoms with E-state index in [1.54, 1.807) is 0 Å². The van der Waals surface area contributed by atoms with Gasteiger partial charge in [-0.3, -0.25) is 4.79 Å². The van der Waals surface area contributed by atoms with Gasteiger partial charge in [0, 0.05) is 17.5 Å². The lowest BCUT2D eigenvalue weighted by molar-refractivity contribution is -0.143. The maximum Gasteiger partial charge on any atom is 0.306 e. The van der Waals surface area contributed by atoms with Crippen molar-refractivity contribution >= 4 is 5.97 Å². The zero-order valence-electron chi connectivity index (χ0n) is 16.0. The molecule has 0 amide bonds. The number of carbonyl (C=O) groups excluding carboxylic acids is 1. The van der Waals surface area contributed by atoms with Gasteiger partial charge < -0.3 is 9.15 Å². The van der Waals surface area contributed by atoms with E-state index < -0.39 is 0 Å². The molecule has 0 bridgehead atoms. The fourth-order valence-corrected chi connectivity index (χ4v) is 2.91. The van der Waals surface area contributed by atoms with Gasteiger partial charge >= 0.3 is 5.97 Å². The van der Waals surface area contributed by atoms with Crippen LogP contribution in [0.1, 0.15) is 31.6 Å². The van der Waals surface area contributed by atoms with Crippen molar-refractivity contribution < 1.29 is 13.9 Å². The van der Waals surface area contributed by atoms with Crippen LogP contribution in [0, 0.1) is 0 Å². The highest BCUT2D eigenvalue weighted by molar-refractivity contribution is 5.77. The molecule has 0 radical (unpaired) electrons. The molecule has 1 aromatic heterocycles. The number of rotatable bonds is 10. The van der Waals surface area contributed by atoms with Gasteiger partial charge in [0.05, 0.1) is 13.0 Å². The number of nitrogens with zero attached hydrogens (tertiary/aromatic N) is 1. The summed E-state index contributed by atoms with van der Waals surface area (Å²) in [6.07, 6.45) is 5.32. The number of hydrogen-bond donors (Lipinski definition) is 0. The summed E-state index contributed by atoms with van der Waals surface area (Å²) in [7, 11) is 0. The third-order valence-electron chi connectivity index (χ3n) is 4.36. The topological polar surface area (TPSA) is 52.3 Å². The number of aromatic nitrogens is 1. The van der Waals surface area contributed by atoms with E-state index >= 15 is 0 Å². The van der Waals surface area contributed by atoms with Gasteiger partial charge in [-0.2, -0.15) is 0 Å². The largest absolute Gasteiger partial charge is 0.466 e. The Morgan fingerprint density at radius 3 is 2.36 bits per heavy atom. The molecular weight excluding hydrogens is 350 g/mol. The van der Waals surface area contributed by atoms with Gasteiger partial charge in [-0.25, -0.2) is 4.98 Å². The molecule has 3 rings (SSSR count). The molecule has 0 saturated heterocycles. The average molecular weight is 375 g/mol. The third kappa shape index (κ3) is 5.43. The standard InChI is InChI=1S/C24H25NO3/c1-2-3-4-11-18-27-22(26)17-16-21-25-23(19-12-7-5-8-13-19)24(28-21)20-14-9-6-10-15-20/h2,5-10,12-15H,1,3-4,11,16-18H2. The second-order valence-electron chi connectivity index (χ2n) is 6.52. The minimum atomic E-state index is -0.223. The van der Waals surface area contributed by atoms with Gasteiger partial charge in [-0.15, -0.1) is 6.58 Å². The smallest absolute Gasteiger partial charge is 0.306 e. The molecule has 4 heteroatoms. The van der Waals surface area contributed by atoms with Gasteiger partial charge in [-0.05, 0) is 19.3 Å². The summed E-state index contributed by atoms with van der Waals surface area (Å²) < 4.78 is 11.3. The molecule has 144 valence electrons. The molecule has 0 unspecified atom stereocenters. The van der Waals surface area contributed by atoms with Crippen LogP contribution in [0.15, 0.2) is 77.7 Å². The van der Waals surface area contributed by atoms with E-state index in [-0.39, 0.29) is 12.4 Å². The number of hydrogen-bond acceptors (Lipinski definition) is 4. The van der Waals surface area contributed by atoms with E-state index in [0.717, 1.165) is 41.8 Å². The van der Waals surface area contributed by atoms with Crippen LogP contribution in [0.3, 0.4) is 0 Å². The van der Waals surface area contributed by atoms with Crippen molar-refractivity contribution in [3.8, 4) is 22.6 Å². The Morgan fingerprint density at radius 2 is 1.68 bits per heavy atom. The molecule has 0 aliphatic heterocycles. The number of ether oxygens (including phenoxy) is 1. The highest BCUT2D eigenvalue weighted by atomic mass is 16.5. The lowest BCUT2D eigenvalue weighted by atomic mass is 10.1. The van der Waals surface area contributed by atoms with Crippen molar-refractivity contribution in [2.45, 2.75) is 32.1 Å². The van der Waals surface area contributed by atoms with E-state index in [9.17, 15) is 4.79 Å². The monoisotopic (exact) mass is 375 g/mol. The molecule has 1 heterocycles. The van der Waals surface area contributed by atoms with Crippen LogP contribution < -0.4 is 0 Å². The van der Waals surface area contributed by atoms with Gasteiger partial charge in [0.15, 0.2) is 11.7 Å². The Balaban J connectivity index is 1.68. The van der Waals surface area contributed by atoms with Crippen molar-refractivity contribution in [1.82, 2.24) is 4.98 Å². The summed E-state index contributed by atoms with van der Waals surface area (Å²) in [5.41, 5.74) is 2.74. The highest BCUT2D eigenvalue weighted by Crippen LogP contribution is 2.32.